The number of fused-ring (bicyclic) bond motifs is 2. The Hall–Kier alpha value is -1.24. The summed E-state index contributed by atoms with van der Waals surface area (Å²) < 4.78 is 5.71. The second-order valence-corrected chi connectivity index (χ2v) is 9.79. The van der Waals surface area contributed by atoms with Gasteiger partial charge in [-0.1, -0.05) is 24.6 Å². The quantitative estimate of drug-likeness (QED) is 0.468. The molecule has 0 N–H and O–H groups in total. The molecule has 2 saturated carbocycles. The summed E-state index contributed by atoms with van der Waals surface area (Å²) in [7, 11) is 0. The molecule has 2 fully saturated rings. The van der Waals surface area contributed by atoms with E-state index in [4.69, 9.17) is 4.74 Å². The van der Waals surface area contributed by atoms with Crippen LogP contribution in [-0.4, -0.2) is 6.61 Å². The van der Waals surface area contributed by atoms with Crippen molar-refractivity contribution in [1.29, 1.82) is 0 Å². The van der Waals surface area contributed by atoms with Crippen LogP contribution >= 0.6 is 0 Å². The van der Waals surface area contributed by atoms with Crippen molar-refractivity contribution in [1.82, 2.24) is 0 Å². The largest absolute Gasteiger partial charge is 0.494 e. The van der Waals surface area contributed by atoms with E-state index in [9.17, 15) is 0 Å². The first-order chi connectivity index (χ1) is 13.8. The number of benzene rings is 1. The van der Waals surface area contributed by atoms with Crippen molar-refractivity contribution in [3.05, 3.63) is 41.5 Å². The van der Waals surface area contributed by atoms with Gasteiger partial charge in [-0.25, -0.2) is 0 Å². The number of hydrogen-bond acceptors (Lipinski definition) is 1. The van der Waals surface area contributed by atoms with E-state index in [1.54, 1.807) is 11.1 Å². The lowest BCUT2D eigenvalue weighted by atomic mass is 9.61. The maximum Gasteiger partial charge on any atom is 0.119 e. The van der Waals surface area contributed by atoms with Crippen LogP contribution in [0.25, 0.3) is 0 Å². The summed E-state index contributed by atoms with van der Waals surface area (Å²) in [6.07, 6.45) is 20.4. The number of aryl methyl sites for hydroxylation is 1. The highest BCUT2D eigenvalue weighted by atomic mass is 16.5. The van der Waals surface area contributed by atoms with Gasteiger partial charge >= 0.3 is 0 Å². The molecule has 5 atom stereocenters. The molecule has 5 unspecified atom stereocenters. The lowest BCUT2D eigenvalue weighted by Crippen LogP contribution is -2.35. The molecule has 0 aromatic heterocycles. The Morgan fingerprint density at radius 3 is 2.54 bits per heavy atom. The van der Waals surface area contributed by atoms with Crippen LogP contribution in [0.3, 0.4) is 0 Å². The Morgan fingerprint density at radius 1 is 0.929 bits per heavy atom. The summed E-state index contributed by atoms with van der Waals surface area (Å²) >= 11 is 0. The molecule has 0 amide bonds. The van der Waals surface area contributed by atoms with Crippen LogP contribution in [0.4, 0.5) is 0 Å². The Labute approximate surface area is 173 Å². The van der Waals surface area contributed by atoms with Crippen LogP contribution < -0.4 is 4.74 Å². The van der Waals surface area contributed by atoms with E-state index in [0.717, 1.165) is 41.9 Å². The van der Waals surface area contributed by atoms with Gasteiger partial charge in [0.1, 0.15) is 5.75 Å². The highest BCUT2D eigenvalue weighted by molar-refractivity contribution is 5.37. The Kier molecular flexibility index (Phi) is 6.81. The zero-order valence-corrected chi connectivity index (χ0v) is 18.2. The number of hydrogen-bond donors (Lipinski definition) is 0. The molecule has 4 rings (SSSR count). The fourth-order valence-corrected chi connectivity index (χ4v) is 6.63. The number of rotatable bonds is 6. The van der Waals surface area contributed by atoms with Crippen molar-refractivity contribution in [3.8, 4) is 5.75 Å². The SMILES string of the molecule is C/C=C/CCC1CCC2CC(C3CCc4cc(OCC)ccc4C3)CCC2C1. The maximum atomic E-state index is 5.71. The molecule has 3 aliphatic rings. The maximum absolute atomic E-state index is 5.71. The first-order valence-electron chi connectivity index (χ1n) is 12.1. The predicted octanol–water partition coefficient (Wildman–Crippen LogP) is 7.38. The highest BCUT2D eigenvalue weighted by Gasteiger charge is 2.38. The first-order valence-corrected chi connectivity index (χ1v) is 12.1. The molecular formula is C27H40O. The van der Waals surface area contributed by atoms with Gasteiger partial charge in [-0.3, -0.25) is 0 Å². The van der Waals surface area contributed by atoms with Crippen LogP contribution in [0.2, 0.25) is 0 Å². The average molecular weight is 381 g/mol. The van der Waals surface area contributed by atoms with Gasteiger partial charge in [0.25, 0.3) is 0 Å². The molecule has 3 aliphatic carbocycles. The highest BCUT2D eigenvalue weighted by Crippen LogP contribution is 2.49. The van der Waals surface area contributed by atoms with Gasteiger partial charge in [-0.15, -0.1) is 0 Å². The zero-order valence-electron chi connectivity index (χ0n) is 18.2. The normalized spacial score (nSPS) is 32.7. The molecular weight excluding hydrogens is 340 g/mol. The Morgan fingerprint density at radius 2 is 1.71 bits per heavy atom. The fourth-order valence-electron chi connectivity index (χ4n) is 6.63. The van der Waals surface area contributed by atoms with Crippen molar-refractivity contribution >= 4 is 0 Å². The molecule has 0 heterocycles. The van der Waals surface area contributed by atoms with E-state index in [1.807, 2.05) is 0 Å². The van der Waals surface area contributed by atoms with Crippen LogP contribution in [0.1, 0.15) is 82.8 Å². The van der Waals surface area contributed by atoms with Crippen LogP contribution in [0.15, 0.2) is 30.4 Å². The topological polar surface area (TPSA) is 9.23 Å². The fraction of sp³-hybridized carbons (Fsp3) is 0.704. The van der Waals surface area contributed by atoms with E-state index in [-0.39, 0.29) is 0 Å². The van der Waals surface area contributed by atoms with Crippen LogP contribution in [0, 0.1) is 29.6 Å². The predicted molar refractivity (Wildman–Crippen MR) is 119 cm³/mol. The van der Waals surface area contributed by atoms with Crippen LogP contribution in [0.5, 0.6) is 5.75 Å². The van der Waals surface area contributed by atoms with E-state index >= 15 is 0 Å². The van der Waals surface area contributed by atoms with Crippen LogP contribution in [-0.2, 0) is 12.8 Å². The molecule has 0 saturated heterocycles. The molecule has 28 heavy (non-hydrogen) atoms. The molecule has 1 nitrogen and oxygen atoms in total. The lowest BCUT2D eigenvalue weighted by Gasteiger charge is -2.45. The minimum Gasteiger partial charge on any atom is -0.494 e. The molecule has 0 bridgehead atoms. The second kappa shape index (κ2) is 9.51. The summed E-state index contributed by atoms with van der Waals surface area (Å²) in [5.41, 5.74) is 3.16. The third-order valence-corrected chi connectivity index (χ3v) is 8.16. The van der Waals surface area contributed by atoms with Crippen molar-refractivity contribution in [2.75, 3.05) is 6.61 Å². The molecule has 1 heteroatoms. The molecule has 0 radical (unpaired) electrons. The van der Waals surface area contributed by atoms with Gasteiger partial charge in [-0.05, 0) is 131 Å². The first kappa shape index (κ1) is 20.0. The van der Waals surface area contributed by atoms with Crippen molar-refractivity contribution in [3.63, 3.8) is 0 Å². The minimum atomic E-state index is 0.766. The van der Waals surface area contributed by atoms with E-state index in [2.05, 4.69) is 44.2 Å². The Balaban J connectivity index is 1.30. The monoisotopic (exact) mass is 380 g/mol. The van der Waals surface area contributed by atoms with E-state index in [0.29, 0.717) is 0 Å². The summed E-state index contributed by atoms with van der Waals surface area (Å²) in [5.74, 6) is 6.07. The van der Waals surface area contributed by atoms with Crippen molar-refractivity contribution < 1.29 is 4.74 Å². The van der Waals surface area contributed by atoms with Gasteiger partial charge < -0.3 is 4.74 Å². The Bertz CT molecular complexity index is 660. The average Bonchev–Trinajstić information content (AvgIpc) is 2.73. The third kappa shape index (κ3) is 4.66. The minimum absolute atomic E-state index is 0.766. The standard InChI is InChI=1S/C27H40O/c1-3-5-6-7-20-8-9-22-17-23(11-10-21(22)16-20)24-12-13-26-19-27(28-4-2)15-14-25(26)18-24/h3,5,14-15,19-24H,4,6-13,16-18H2,1-2H3/b5-3+. The molecule has 1 aromatic carbocycles. The molecule has 0 aliphatic heterocycles. The van der Waals surface area contributed by atoms with Gasteiger partial charge in [0.2, 0.25) is 0 Å². The van der Waals surface area contributed by atoms with E-state index in [1.165, 1.54) is 70.6 Å². The van der Waals surface area contributed by atoms with Gasteiger partial charge in [-0.2, -0.15) is 0 Å². The van der Waals surface area contributed by atoms with Gasteiger partial charge in [0, 0.05) is 0 Å². The second-order valence-electron chi connectivity index (χ2n) is 9.79. The smallest absolute Gasteiger partial charge is 0.119 e. The molecule has 0 spiro atoms. The number of allylic oxidation sites excluding steroid dienone is 2. The summed E-state index contributed by atoms with van der Waals surface area (Å²) in [6.45, 7) is 4.99. The van der Waals surface area contributed by atoms with E-state index < -0.39 is 0 Å². The van der Waals surface area contributed by atoms with Gasteiger partial charge in [0.15, 0.2) is 0 Å². The summed E-state index contributed by atoms with van der Waals surface area (Å²) in [5, 5.41) is 0. The van der Waals surface area contributed by atoms with Crippen molar-refractivity contribution in [2.24, 2.45) is 29.6 Å². The molecule has 1 aromatic rings. The molecule has 154 valence electrons. The summed E-state index contributed by atoms with van der Waals surface area (Å²) in [4.78, 5) is 0. The number of ether oxygens (including phenoxy) is 1. The van der Waals surface area contributed by atoms with Crippen molar-refractivity contribution in [2.45, 2.75) is 84.5 Å². The third-order valence-electron chi connectivity index (χ3n) is 8.16. The lowest BCUT2D eigenvalue weighted by molar-refractivity contribution is 0.0699. The zero-order chi connectivity index (χ0) is 19.3. The summed E-state index contributed by atoms with van der Waals surface area (Å²) in [6, 6.07) is 6.85. The van der Waals surface area contributed by atoms with Gasteiger partial charge in [0.05, 0.1) is 6.61 Å².